The van der Waals surface area contributed by atoms with Crippen LogP contribution in [0.25, 0.3) is 0 Å². The van der Waals surface area contributed by atoms with Gasteiger partial charge in [-0.1, -0.05) is 30.3 Å². The van der Waals surface area contributed by atoms with Crippen LogP contribution in [0.5, 0.6) is 0 Å². The molecule has 0 radical (unpaired) electrons. The maximum atomic E-state index is 15.2. The molecule has 0 spiro atoms. The summed E-state index contributed by atoms with van der Waals surface area (Å²) in [7, 11) is 0. The number of rotatable bonds is 6. The number of carbonyl (C=O) groups excluding carboxylic acids is 2. The zero-order valence-corrected chi connectivity index (χ0v) is 19.5. The second-order valence-corrected chi connectivity index (χ2v) is 10.0. The molecule has 2 heterocycles. The summed E-state index contributed by atoms with van der Waals surface area (Å²) in [5.74, 6) is -4.13. The Kier molecular flexibility index (Phi) is 7.00. The summed E-state index contributed by atoms with van der Waals surface area (Å²) in [5, 5.41) is 0.853. The Bertz CT molecular complexity index is 859. The van der Waals surface area contributed by atoms with Gasteiger partial charge in [-0.25, -0.2) is 18.0 Å². The fourth-order valence-electron chi connectivity index (χ4n) is 3.84. The lowest BCUT2D eigenvalue weighted by molar-refractivity contribution is -0.197. The van der Waals surface area contributed by atoms with Crippen LogP contribution in [-0.4, -0.2) is 71.5 Å². The number of ether oxygens (including phenoxy) is 2. The van der Waals surface area contributed by atoms with Crippen molar-refractivity contribution in [3.05, 3.63) is 35.9 Å². The number of hydrogen-bond donors (Lipinski definition) is 0. The highest BCUT2D eigenvalue weighted by Crippen LogP contribution is 2.41. The quantitative estimate of drug-likeness (QED) is 0.584. The largest absolute Gasteiger partial charge is 0.460 e. The van der Waals surface area contributed by atoms with E-state index < -0.39 is 60.3 Å². The SMILES string of the molecule is CC(C)(C)OC(=O)N1CC(F)(F)C2C1CON2CC(F)C(C)(C)C(=O)OCc1ccccc1. The summed E-state index contributed by atoms with van der Waals surface area (Å²) in [6, 6.07) is 6.40. The Labute approximate surface area is 191 Å². The van der Waals surface area contributed by atoms with Gasteiger partial charge in [-0.2, -0.15) is 5.06 Å². The summed E-state index contributed by atoms with van der Waals surface area (Å²) in [4.78, 5) is 31.2. The molecule has 3 unspecified atom stereocenters. The van der Waals surface area contributed by atoms with Gasteiger partial charge in [-0.05, 0) is 40.2 Å². The molecular weight excluding hydrogens is 441 g/mol. The van der Waals surface area contributed by atoms with Crippen molar-refractivity contribution in [3.63, 3.8) is 0 Å². The second kappa shape index (κ2) is 9.13. The van der Waals surface area contributed by atoms with Crippen LogP contribution in [0.2, 0.25) is 0 Å². The third-order valence-electron chi connectivity index (χ3n) is 5.79. The lowest BCUT2D eigenvalue weighted by atomic mass is 9.87. The Morgan fingerprint density at radius 2 is 1.82 bits per heavy atom. The van der Waals surface area contributed by atoms with Crippen LogP contribution in [0.3, 0.4) is 0 Å². The number of hydrogen-bond acceptors (Lipinski definition) is 6. The maximum absolute atomic E-state index is 15.2. The molecule has 2 fully saturated rings. The number of benzene rings is 1. The highest BCUT2D eigenvalue weighted by molar-refractivity contribution is 5.76. The van der Waals surface area contributed by atoms with Gasteiger partial charge in [0.05, 0.1) is 31.2 Å². The fraction of sp³-hybridized carbons (Fsp3) is 0.652. The van der Waals surface area contributed by atoms with Crippen LogP contribution in [0.1, 0.15) is 40.2 Å². The number of nitrogens with zero attached hydrogens (tertiary/aromatic N) is 2. The standard InChI is InChI=1S/C23H31F3N2O5/c1-21(2,3)33-20(30)27-14-23(25,26)18-16(27)13-32-28(18)11-17(24)22(4,5)19(29)31-12-15-9-7-6-8-10-15/h6-10,16-18H,11-14H2,1-5H3. The van der Waals surface area contributed by atoms with E-state index in [2.05, 4.69) is 0 Å². The van der Waals surface area contributed by atoms with Gasteiger partial charge in [0.1, 0.15) is 24.4 Å². The summed E-state index contributed by atoms with van der Waals surface area (Å²) < 4.78 is 55.3. The molecule has 10 heteroatoms. The van der Waals surface area contributed by atoms with Gasteiger partial charge in [0, 0.05) is 0 Å². The van der Waals surface area contributed by atoms with Crippen molar-refractivity contribution in [3.8, 4) is 0 Å². The molecule has 1 amide bonds. The number of carbonyl (C=O) groups is 2. The zero-order chi connectivity index (χ0) is 24.6. The molecular formula is C23H31F3N2O5. The Morgan fingerprint density at radius 1 is 1.18 bits per heavy atom. The first-order valence-electron chi connectivity index (χ1n) is 10.8. The van der Waals surface area contributed by atoms with Gasteiger partial charge < -0.3 is 9.47 Å². The van der Waals surface area contributed by atoms with E-state index in [4.69, 9.17) is 14.3 Å². The number of amides is 1. The van der Waals surface area contributed by atoms with E-state index in [1.165, 1.54) is 13.8 Å². The molecule has 0 N–H and O–H groups in total. The third kappa shape index (κ3) is 5.60. The number of alkyl halides is 3. The van der Waals surface area contributed by atoms with Gasteiger partial charge in [0.15, 0.2) is 0 Å². The Balaban J connectivity index is 1.64. The lowest BCUT2D eigenvalue weighted by Crippen LogP contribution is -2.50. The number of halogens is 3. The molecule has 3 rings (SSSR count). The van der Waals surface area contributed by atoms with Gasteiger partial charge in [-0.3, -0.25) is 14.5 Å². The Hall–Kier alpha value is -2.33. The van der Waals surface area contributed by atoms with Crippen LogP contribution in [0.15, 0.2) is 30.3 Å². The number of fused-ring (bicyclic) bond motifs is 1. The van der Waals surface area contributed by atoms with E-state index in [9.17, 15) is 18.4 Å². The normalized spacial score (nSPS) is 23.8. The van der Waals surface area contributed by atoms with E-state index >= 15 is 4.39 Å². The smallest absolute Gasteiger partial charge is 0.410 e. The maximum Gasteiger partial charge on any atom is 0.410 e. The van der Waals surface area contributed by atoms with Gasteiger partial charge in [0.2, 0.25) is 0 Å². The topological polar surface area (TPSA) is 68.3 Å². The summed E-state index contributed by atoms with van der Waals surface area (Å²) in [5.41, 5.74) is -1.71. The molecule has 7 nitrogen and oxygen atoms in total. The van der Waals surface area contributed by atoms with E-state index in [-0.39, 0.29) is 13.2 Å². The summed E-state index contributed by atoms with van der Waals surface area (Å²) >= 11 is 0. The van der Waals surface area contributed by atoms with Crippen molar-refractivity contribution in [1.82, 2.24) is 9.96 Å². The predicted molar refractivity (Wildman–Crippen MR) is 113 cm³/mol. The van der Waals surface area contributed by atoms with Gasteiger partial charge in [-0.15, -0.1) is 0 Å². The molecule has 33 heavy (non-hydrogen) atoms. The van der Waals surface area contributed by atoms with Gasteiger partial charge >= 0.3 is 12.1 Å². The average molecular weight is 473 g/mol. The first-order chi connectivity index (χ1) is 15.2. The molecule has 1 aromatic rings. The minimum Gasteiger partial charge on any atom is -0.460 e. The summed E-state index contributed by atoms with van der Waals surface area (Å²) in [6.45, 7) is 5.97. The monoisotopic (exact) mass is 472 g/mol. The van der Waals surface area contributed by atoms with E-state index in [1.54, 1.807) is 45.0 Å². The zero-order valence-electron chi connectivity index (χ0n) is 19.5. The fourth-order valence-corrected chi connectivity index (χ4v) is 3.84. The first kappa shape index (κ1) is 25.3. The van der Waals surface area contributed by atoms with E-state index in [0.717, 1.165) is 15.5 Å². The third-order valence-corrected chi connectivity index (χ3v) is 5.79. The average Bonchev–Trinajstić information content (AvgIpc) is 3.25. The molecule has 3 atom stereocenters. The molecule has 0 saturated carbocycles. The van der Waals surface area contributed by atoms with Crippen LogP contribution in [-0.2, 0) is 25.7 Å². The highest BCUT2D eigenvalue weighted by Gasteiger charge is 2.63. The molecule has 2 saturated heterocycles. The van der Waals surface area contributed by atoms with Crippen LogP contribution in [0.4, 0.5) is 18.0 Å². The molecule has 0 aliphatic carbocycles. The number of hydroxylamine groups is 2. The van der Waals surface area contributed by atoms with Crippen molar-refractivity contribution in [1.29, 1.82) is 0 Å². The van der Waals surface area contributed by atoms with E-state index in [1.807, 2.05) is 6.07 Å². The van der Waals surface area contributed by atoms with Crippen molar-refractivity contribution < 1.29 is 37.1 Å². The van der Waals surface area contributed by atoms with Crippen molar-refractivity contribution in [2.24, 2.45) is 5.41 Å². The van der Waals surface area contributed by atoms with Crippen molar-refractivity contribution >= 4 is 12.1 Å². The number of likely N-dealkylation sites (tertiary alicyclic amines) is 1. The van der Waals surface area contributed by atoms with Crippen molar-refractivity contribution in [2.45, 2.75) is 71.0 Å². The predicted octanol–water partition coefficient (Wildman–Crippen LogP) is 3.96. The molecule has 2 aliphatic heterocycles. The minimum atomic E-state index is -3.34. The summed E-state index contributed by atoms with van der Waals surface area (Å²) in [6.07, 6.45) is -2.73. The Morgan fingerprint density at radius 3 is 2.42 bits per heavy atom. The molecule has 0 aromatic heterocycles. The van der Waals surface area contributed by atoms with E-state index in [0.29, 0.717) is 0 Å². The molecule has 184 valence electrons. The van der Waals surface area contributed by atoms with Crippen LogP contribution in [0, 0.1) is 5.41 Å². The van der Waals surface area contributed by atoms with Gasteiger partial charge in [0.25, 0.3) is 5.92 Å². The minimum absolute atomic E-state index is 0.0242. The van der Waals surface area contributed by atoms with Crippen LogP contribution < -0.4 is 0 Å². The molecule has 1 aromatic carbocycles. The molecule has 2 aliphatic rings. The van der Waals surface area contributed by atoms with Crippen molar-refractivity contribution in [2.75, 3.05) is 19.7 Å². The molecule has 0 bridgehead atoms. The highest BCUT2D eigenvalue weighted by atomic mass is 19.3. The number of esters is 1. The van der Waals surface area contributed by atoms with Crippen LogP contribution >= 0.6 is 0 Å². The second-order valence-electron chi connectivity index (χ2n) is 10.0. The first-order valence-corrected chi connectivity index (χ1v) is 10.8. The lowest BCUT2D eigenvalue weighted by Gasteiger charge is -2.32.